The Bertz CT molecular complexity index is 2910. The third kappa shape index (κ3) is 7.21. The van der Waals surface area contributed by atoms with Gasteiger partial charge in [0.1, 0.15) is 0 Å². The highest BCUT2D eigenvalue weighted by atomic mass is 19.4. The van der Waals surface area contributed by atoms with Crippen LogP contribution in [0.5, 0.6) is 0 Å². The van der Waals surface area contributed by atoms with E-state index in [1.165, 1.54) is 12.1 Å². The highest BCUT2D eigenvalue weighted by molar-refractivity contribution is 6.25. The molecule has 9 aromatic carbocycles. The number of halogens is 6. The van der Waals surface area contributed by atoms with Crippen molar-refractivity contribution in [1.82, 2.24) is 0 Å². The summed E-state index contributed by atoms with van der Waals surface area (Å²) in [5.74, 6) is 0. The van der Waals surface area contributed by atoms with Gasteiger partial charge in [0, 0.05) is 33.8 Å². The van der Waals surface area contributed by atoms with Crippen molar-refractivity contribution in [2.24, 2.45) is 0 Å². The van der Waals surface area contributed by atoms with E-state index in [9.17, 15) is 26.3 Å². The normalized spacial score (nSPS) is 11.8. The van der Waals surface area contributed by atoms with Crippen molar-refractivity contribution in [1.29, 1.82) is 0 Å². The largest absolute Gasteiger partial charge is 0.416 e. The van der Waals surface area contributed by atoms with Gasteiger partial charge in [0.2, 0.25) is 0 Å². The number of fused-ring (bicyclic) bond motifs is 2. The molecule has 0 radical (unpaired) electrons. The van der Waals surface area contributed by atoms with Crippen molar-refractivity contribution < 1.29 is 26.3 Å². The molecule has 0 fully saturated rings. The molecule has 2 nitrogen and oxygen atoms in total. The molecule has 0 N–H and O–H groups in total. The summed E-state index contributed by atoms with van der Waals surface area (Å²) < 4.78 is 85.9. The van der Waals surface area contributed by atoms with Crippen LogP contribution in [0.3, 0.4) is 0 Å². The van der Waals surface area contributed by atoms with E-state index >= 15 is 0 Å². The molecular formula is C52H34F6N2. The van der Waals surface area contributed by atoms with Gasteiger partial charge in [-0.3, -0.25) is 0 Å². The molecule has 0 aliphatic rings. The first-order valence-electron chi connectivity index (χ1n) is 19.2. The van der Waals surface area contributed by atoms with Gasteiger partial charge in [-0.2, -0.15) is 26.3 Å². The van der Waals surface area contributed by atoms with Gasteiger partial charge in [-0.1, -0.05) is 115 Å². The summed E-state index contributed by atoms with van der Waals surface area (Å²) in [6, 6.07) is 60.9. The van der Waals surface area contributed by atoms with Gasteiger partial charge < -0.3 is 9.80 Å². The number of nitrogens with zero attached hydrogens (tertiary/aromatic N) is 2. The molecule has 0 bridgehead atoms. The standard InChI is InChI=1S/C52H34F6N2/c53-51(54,55)37-17-12-15-35(33-37)48-44-25-10-11-26-45(44)49(36-16-13-18-38(34-36)52(56,57)58)50-46(48)27-14-28-47(50)60(41-23-8-3-9-24-41)43-31-29-42(30-32-43)59(39-19-4-1-5-20-39)40-21-6-2-7-22-40/h1-34H. The van der Waals surface area contributed by atoms with Crippen LogP contribution in [0.15, 0.2) is 206 Å². The topological polar surface area (TPSA) is 6.48 Å². The van der Waals surface area contributed by atoms with Crippen LogP contribution in [0, 0.1) is 0 Å². The Morgan fingerprint density at radius 2 is 0.667 bits per heavy atom. The zero-order chi connectivity index (χ0) is 41.4. The van der Waals surface area contributed by atoms with Crippen LogP contribution in [0.4, 0.5) is 60.5 Å². The van der Waals surface area contributed by atoms with Crippen LogP contribution >= 0.6 is 0 Å². The van der Waals surface area contributed by atoms with Crippen molar-refractivity contribution in [3.63, 3.8) is 0 Å². The zero-order valence-corrected chi connectivity index (χ0v) is 31.8. The molecule has 9 aromatic rings. The van der Waals surface area contributed by atoms with Crippen LogP contribution in [-0.4, -0.2) is 0 Å². The molecule has 0 aliphatic heterocycles. The lowest BCUT2D eigenvalue weighted by Crippen LogP contribution is -2.12. The summed E-state index contributed by atoms with van der Waals surface area (Å²) in [7, 11) is 0. The second kappa shape index (κ2) is 15.5. The van der Waals surface area contributed by atoms with Crippen molar-refractivity contribution in [2.45, 2.75) is 12.4 Å². The first-order chi connectivity index (χ1) is 29.1. The summed E-state index contributed by atoms with van der Waals surface area (Å²) in [6.45, 7) is 0. The minimum absolute atomic E-state index is 0.318. The van der Waals surface area contributed by atoms with Gasteiger partial charge in [-0.15, -0.1) is 0 Å². The molecule has 0 amide bonds. The molecule has 0 atom stereocenters. The number of anilines is 6. The minimum atomic E-state index is -4.62. The maximum Gasteiger partial charge on any atom is 0.416 e. The fourth-order valence-electron chi connectivity index (χ4n) is 8.07. The van der Waals surface area contributed by atoms with E-state index < -0.39 is 23.5 Å². The molecule has 9 rings (SSSR count). The van der Waals surface area contributed by atoms with E-state index in [-0.39, 0.29) is 0 Å². The molecule has 0 spiro atoms. The molecule has 0 aliphatic carbocycles. The van der Waals surface area contributed by atoms with Crippen LogP contribution in [0.1, 0.15) is 11.1 Å². The summed E-state index contributed by atoms with van der Waals surface area (Å²) in [6.07, 6.45) is -9.22. The predicted molar refractivity (Wildman–Crippen MR) is 232 cm³/mol. The Morgan fingerprint density at radius 3 is 1.15 bits per heavy atom. The third-order valence-corrected chi connectivity index (χ3v) is 10.6. The van der Waals surface area contributed by atoms with E-state index in [1.807, 2.05) is 150 Å². The molecule has 60 heavy (non-hydrogen) atoms. The Morgan fingerprint density at radius 1 is 0.300 bits per heavy atom. The highest BCUT2D eigenvalue weighted by Crippen LogP contribution is 2.51. The van der Waals surface area contributed by atoms with Crippen LogP contribution in [-0.2, 0) is 12.4 Å². The van der Waals surface area contributed by atoms with Crippen LogP contribution in [0.25, 0.3) is 43.8 Å². The second-order valence-corrected chi connectivity index (χ2v) is 14.3. The van der Waals surface area contributed by atoms with Crippen molar-refractivity contribution >= 4 is 55.7 Å². The van der Waals surface area contributed by atoms with E-state index in [1.54, 1.807) is 24.3 Å². The fourth-order valence-corrected chi connectivity index (χ4v) is 8.07. The maximum absolute atomic E-state index is 14.4. The van der Waals surface area contributed by atoms with E-state index in [4.69, 9.17) is 0 Å². The molecule has 0 aromatic heterocycles. The van der Waals surface area contributed by atoms with Crippen LogP contribution < -0.4 is 9.80 Å². The maximum atomic E-state index is 14.4. The van der Waals surface area contributed by atoms with Gasteiger partial charge in [0.05, 0.1) is 16.8 Å². The lowest BCUT2D eigenvalue weighted by molar-refractivity contribution is -0.138. The average molecular weight is 801 g/mol. The Balaban J connectivity index is 1.35. The van der Waals surface area contributed by atoms with E-state index in [2.05, 4.69) is 4.90 Å². The van der Waals surface area contributed by atoms with Crippen molar-refractivity contribution in [3.8, 4) is 22.3 Å². The molecule has 294 valence electrons. The summed E-state index contributed by atoms with van der Waals surface area (Å²) in [5, 5.41) is 2.35. The molecule has 0 heterocycles. The monoisotopic (exact) mass is 800 g/mol. The first-order valence-corrected chi connectivity index (χ1v) is 19.2. The lowest BCUT2D eigenvalue weighted by atomic mass is 9.84. The molecule has 0 unspecified atom stereocenters. The predicted octanol–water partition coefficient (Wildman–Crippen LogP) is 16.3. The quantitative estimate of drug-likeness (QED) is 0.112. The van der Waals surface area contributed by atoms with Gasteiger partial charge in [0.25, 0.3) is 0 Å². The summed E-state index contributed by atoms with van der Waals surface area (Å²) >= 11 is 0. The van der Waals surface area contributed by atoms with Crippen LogP contribution in [0.2, 0.25) is 0 Å². The Kier molecular flexibility index (Phi) is 9.84. The average Bonchev–Trinajstić information content (AvgIpc) is 3.27. The number of alkyl halides is 6. The summed E-state index contributed by atoms with van der Waals surface area (Å²) in [5.41, 5.74) is 5.06. The Hall–Kier alpha value is -7.32. The van der Waals surface area contributed by atoms with E-state index in [0.717, 1.165) is 52.7 Å². The lowest BCUT2D eigenvalue weighted by Gasteiger charge is -2.30. The molecule has 8 heteroatoms. The number of para-hydroxylation sites is 3. The molecular weight excluding hydrogens is 767 g/mol. The van der Waals surface area contributed by atoms with Gasteiger partial charge >= 0.3 is 12.4 Å². The second-order valence-electron chi connectivity index (χ2n) is 14.3. The van der Waals surface area contributed by atoms with Crippen molar-refractivity contribution in [2.75, 3.05) is 9.80 Å². The third-order valence-electron chi connectivity index (χ3n) is 10.6. The number of benzene rings is 9. The van der Waals surface area contributed by atoms with Gasteiger partial charge in [-0.25, -0.2) is 0 Å². The van der Waals surface area contributed by atoms with E-state index in [0.29, 0.717) is 49.5 Å². The van der Waals surface area contributed by atoms with Gasteiger partial charge in [-0.05, 0) is 129 Å². The zero-order valence-electron chi connectivity index (χ0n) is 31.8. The molecule has 0 saturated heterocycles. The first kappa shape index (κ1) is 38.2. The number of rotatable bonds is 8. The summed E-state index contributed by atoms with van der Waals surface area (Å²) in [4.78, 5) is 4.19. The Labute approximate surface area is 342 Å². The van der Waals surface area contributed by atoms with Gasteiger partial charge in [0.15, 0.2) is 0 Å². The number of hydrogen-bond acceptors (Lipinski definition) is 2. The smallest absolute Gasteiger partial charge is 0.311 e. The molecule has 0 saturated carbocycles. The SMILES string of the molecule is FC(F)(F)c1cccc(-c2c3ccccc3c(-c3cccc(C(F)(F)F)c3)c3c(N(c4ccccc4)c4ccc(N(c5ccccc5)c5ccccc5)cc4)cccc23)c1. The highest BCUT2D eigenvalue weighted by Gasteiger charge is 2.33. The fraction of sp³-hybridized carbons (Fsp3) is 0.0385. The number of hydrogen-bond donors (Lipinski definition) is 0. The van der Waals surface area contributed by atoms with Crippen molar-refractivity contribution in [3.05, 3.63) is 217 Å². The minimum Gasteiger partial charge on any atom is -0.311 e.